The molecule has 7 aromatic carbocycles. The first-order valence-corrected chi connectivity index (χ1v) is 23.5. The highest BCUT2D eigenvalue weighted by Gasteiger charge is 2.25. The van der Waals surface area contributed by atoms with Crippen LogP contribution in [-0.2, 0) is 16.2 Å². The molecule has 0 saturated heterocycles. The number of nitriles is 2. The number of nitrogens with zero attached hydrogens (tertiary/aromatic N) is 6. The second-order valence-electron chi connectivity index (χ2n) is 21.0. The summed E-state index contributed by atoms with van der Waals surface area (Å²) in [6.45, 7) is 20.2. The van der Waals surface area contributed by atoms with Crippen molar-refractivity contribution in [1.82, 2.24) is 14.1 Å². The normalized spacial score (nSPS) is 12.1. The van der Waals surface area contributed by atoms with Crippen molar-refractivity contribution in [3.05, 3.63) is 198 Å². The van der Waals surface area contributed by atoms with Gasteiger partial charge in [-0.3, -0.25) is 13.7 Å². The van der Waals surface area contributed by atoms with E-state index < -0.39 is 0 Å². The van der Waals surface area contributed by atoms with Crippen LogP contribution in [0.1, 0.15) is 90.1 Å². The van der Waals surface area contributed by atoms with Gasteiger partial charge in [-0.05, 0) is 110 Å². The average molecular weight is 899 g/mol. The molecule has 338 valence electrons. The van der Waals surface area contributed by atoms with E-state index in [4.69, 9.17) is 9.72 Å². The van der Waals surface area contributed by atoms with Crippen LogP contribution >= 0.6 is 0 Å². The number of imidazole rings is 1. The molecule has 0 aliphatic rings. The van der Waals surface area contributed by atoms with Gasteiger partial charge < -0.3 is 4.74 Å². The molecule has 0 saturated carbocycles. The maximum atomic E-state index is 10.6. The number of pyridine rings is 1. The molecule has 0 spiro atoms. The van der Waals surface area contributed by atoms with Crippen LogP contribution in [-0.4, -0.2) is 14.1 Å². The van der Waals surface area contributed by atoms with Crippen molar-refractivity contribution >= 4 is 32.8 Å². The highest BCUT2D eigenvalue weighted by atomic mass is 16.5. The molecule has 0 aliphatic heterocycles. The maximum Gasteiger partial charge on any atom is 0.269 e. The molecule has 0 unspecified atom stereocenters. The Balaban J connectivity index is 1.14. The van der Waals surface area contributed by atoms with Crippen LogP contribution in [0.4, 0.5) is 0 Å². The average Bonchev–Trinajstić information content (AvgIpc) is 3.88. The smallest absolute Gasteiger partial charge is 0.269 e. The van der Waals surface area contributed by atoms with Crippen LogP contribution in [0.2, 0.25) is 0 Å². The van der Waals surface area contributed by atoms with Gasteiger partial charge >= 0.3 is 0 Å². The Morgan fingerprint density at radius 1 is 0.551 bits per heavy atom. The van der Waals surface area contributed by atoms with Gasteiger partial charge in [-0.25, -0.2) is 4.98 Å². The molecule has 7 heteroatoms. The van der Waals surface area contributed by atoms with Crippen LogP contribution in [0.5, 0.6) is 11.5 Å². The van der Waals surface area contributed by atoms with Crippen LogP contribution in [0.15, 0.2) is 164 Å². The van der Waals surface area contributed by atoms with Crippen molar-refractivity contribution in [3.63, 3.8) is 0 Å². The van der Waals surface area contributed by atoms with E-state index in [1.165, 1.54) is 16.7 Å². The van der Waals surface area contributed by atoms with Crippen molar-refractivity contribution in [3.8, 4) is 63.1 Å². The van der Waals surface area contributed by atoms with E-state index in [9.17, 15) is 10.5 Å². The van der Waals surface area contributed by atoms with Gasteiger partial charge in [0.2, 0.25) is 0 Å². The lowest BCUT2D eigenvalue weighted by molar-refractivity contribution is -0.571. The Morgan fingerprint density at radius 2 is 1.22 bits per heavy atom. The molecule has 0 bridgehead atoms. The summed E-state index contributed by atoms with van der Waals surface area (Å²) >= 11 is 0. The van der Waals surface area contributed by atoms with E-state index in [0.29, 0.717) is 22.6 Å². The molecule has 0 fully saturated rings. The zero-order valence-corrected chi connectivity index (χ0v) is 40.7. The molecule has 69 heavy (non-hydrogen) atoms. The number of hydrogen-bond acceptors (Lipinski definition) is 4. The molecule has 10 rings (SSSR count). The second kappa shape index (κ2) is 16.8. The first kappa shape index (κ1) is 44.6. The summed E-state index contributed by atoms with van der Waals surface area (Å²) in [7, 11) is 0. The third-order valence-corrected chi connectivity index (χ3v) is 13.1. The third kappa shape index (κ3) is 8.21. The number of hydrogen-bond donors (Lipinski definition) is 0. The van der Waals surface area contributed by atoms with E-state index >= 15 is 0 Å². The van der Waals surface area contributed by atoms with Crippen molar-refractivity contribution < 1.29 is 9.30 Å². The lowest BCUT2D eigenvalue weighted by Gasteiger charge is -2.27. The summed E-state index contributed by atoms with van der Waals surface area (Å²) in [5.41, 5.74) is 14.1. The molecule has 0 radical (unpaired) electrons. The Morgan fingerprint density at radius 3 is 1.93 bits per heavy atom. The SMILES string of the molecule is CC(C)(C)c1cc(-c2cccc(-c3cccc(C#N)c3)c2-[n+]2[c-]n(-c3cccc(Oc4cc5c(cc4C#N)c4ccccc4n5-c4cc(C(C)(C)C)ccn4)c3)c3ccccc32)cc(C(C)(C)C)c1. The number of para-hydroxylation sites is 4. The number of aromatic nitrogens is 4. The fourth-order valence-corrected chi connectivity index (χ4v) is 9.31. The Labute approximate surface area is 404 Å². The summed E-state index contributed by atoms with van der Waals surface area (Å²) in [5.74, 6) is 1.81. The quantitative estimate of drug-likeness (QED) is 0.118. The van der Waals surface area contributed by atoms with E-state index in [1.54, 1.807) is 0 Å². The molecule has 3 aromatic heterocycles. The second-order valence-corrected chi connectivity index (χ2v) is 21.0. The summed E-state index contributed by atoms with van der Waals surface area (Å²) in [6, 6.07) is 58.7. The Bertz CT molecular complexity index is 3710. The fourth-order valence-electron chi connectivity index (χ4n) is 9.31. The summed E-state index contributed by atoms with van der Waals surface area (Å²) in [6.07, 6.45) is 5.67. The van der Waals surface area contributed by atoms with Gasteiger partial charge in [-0.15, -0.1) is 0 Å². The number of rotatable bonds is 7. The van der Waals surface area contributed by atoms with Gasteiger partial charge in [0.05, 0.1) is 50.6 Å². The Kier molecular flexibility index (Phi) is 10.9. The van der Waals surface area contributed by atoms with Crippen molar-refractivity contribution in [2.45, 2.75) is 78.6 Å². The third-order valence-electron chi connectivity index (χ3n) is 13.1. The zero-order valence-electron chi connectivity index (χ0n) is 40.7. The largest absolute Gasteiger partial charge is 0.456 e. The van der Waals surface area contributed by atoms with E-state index in [1.807, 2.05) is 79.0 Å². The van der Waals surface area contributed by atoms with Crippen molar-refractivity contribution in [1.29, 1.82) is 10.5 Å². The minimum atomic E-state index is -0.0925. The first-order chi connectivity index (χ1) is 33.0. The number of benzene rings is 7. The highest BCUT2D eigenvalue weighted by molar-refractivity contribution is 6.10. The molecule has 0 aliphatic carbocycles. The molecule has 7 nitrogen and oxygen atoms in total. The minimum absolute atomic E-state index is 0.0741. The number of ether oxygens (including phenoxy) is 1. The first-order valence-electron chi connectivity index (χ1n) is 23.5. The molecular formula is C62H54N6O. The predicted molar refractivity (Wildman–Crippen MR) is 279 cm³/mol. The van der Waals surface area contributed by atoms with E-state index in [2.05, 4.69) is 179 Å². The van der Waals surface area contributed by atoms with E-state index in [0.717, 1.165) is 72.3 Å². The van der Waals surface area contributed by atoms with Crippen molar-refractivity contribution in [2.24, 2.45) is 0 Å². The lowest BCUT2D eigenvalue weighted by atomic mass is 9.78. The maximum absolute atomic E-state index is 10.6. The summed E-state index contributed by atoms with van der Waals surface area (Å²) in [4.78, 5) is 4.86. The molecule has 0 N–H and O–H groups in total. The molecule has 0 atom stereocenters. The fraction of sp³-hybridized carbons (Fsp3) is 0.194. The molecule has 10 aromatic rings. The minimum Gasteiger partial charge on any atom is -0.456 e. The zero-order chi connectivity index (χ0) is 48.4. The Hall–Kier alpha value is -8.26. The number of fused-ring (bicyclic) bond motifs is 4. The van der Waals surface area contributed by atoms with E-state index in [-0.39, 0.29) is 16.2 Å². The van der Waals surface area contributed by atoms with Crippen LogP contribution < -0.4 is 9.30 Å². The summed E-state index contributed by atoms with van der Waals surface area (Å²) < 4.78 is 13.2. The lowest BCUT2D eigenvalue weighted by Crippen LogP contribution is -2.31. The predicted octanol–water partition coefficient (Wildman–Crippen LogP) is 15.0. The van der Waals surface area contributed by atoms with Gasteiger partial charge in [-0.2, -0.15) is 10.5 Å². The highest BCUT2D eigenvalue weighted by Crippen LogP contribution is 2.41. The standard InChI is InChI=1S/C62H54N6O/c1-60(2,3)44-27-28-65-58(34-44)68-53-24-11-10-21-51(53)52-32-43(38-64)57(36-56(52)68)69-48-20-15-19-47(35-48)66-39-67(55-26-13-12-25-54(55)66)59-49(41-18-14-17-40(29-41)37-63)22-16-23-50(59)42-30-45(61(4,5)6)33-46(31-42)62(7,8)9/h10-36H,1-9H3. The van der Waals surface area contributed by atoms with Gasteiger partial charge in [0.25, 0.3) is 6.33 Å². The van der Waals surface area contributed by atoms with Gasteiger partial charge in [-0.1, -0.05) is 159 Å². The van der Waals surface area contributed by atoms with Gasteiger partial charge in [0.15, 0.2) is 0 Å². The van der Waals surface area contributed by atoms with Crippen molar-refractivity contribution in [2.75, 3.05) is 0 Å². The topological polar surface area (TPSA) is 83.4 Å². The molecule has 3 heterocycles. The van der Waals surface area contributed by atoms with Crippen LogP contribution in [0.25, 0.3) is 72.3 Å². The molecular weight excluding hydrogens is 845 g/mol. The molecule has 0 amide bonds. The van der Waals surface area contributed by atoms with Gasteiger partial charge in [0.1, 0.15) is 23.4 Å². The van der Waals surface area contributed by atoms with Crippen LogP contribution in [0, 0.1) is 29.0 Å². The monoisotopic (exact) mass is 898 g/mol. The van der Waals surface area contributed by atoms with Crippen LogP contribution in [0.3, 0.4) is 0 Å². The van der Waals surface area contributed by atoms with Gasteiger partial charge in [0, 0.05) is 23.0 Å². The summed E-state index contributed by atoms with van der Waals surface area (Å²) in [5, 5.41) is 22.6.